The Labute approximate surface area is 266 Å². The van der Waals surface area contributed by atoms with Crippen molar-refractivity contribution in [2.75, 3.05) is 17.7 Å². The minimum atomic E-state index is -1.06. The van der Waals surface area contributed by atoms with E-state index in [2.05, 4.69) is 21.2 Å². The van der Waals surface area contributed by atoms with Crippen LogP contribution in [0, 0.1) is 6.92 Å². The van der Waals surface area contributed by atoms with Crippen molar-refractivity contribution in [3.8, 4) is 11.5 Å². The van der Waals surface area contributed by atoms with Crippen molar-refractivity contribution < 1.29 is 28.7 Å². The summed E-state index contributed by atoms with van der Waals surface area (Å²) in [5.74, 6) is -2.78. The molecule has 0 atom stereocenters. The Kier molecular flexibility index (Phi) is 9.51. The highest BCUT2D eigenvalue weighted by atomic mass is 35.5. The first-order chi connectivity index (χ1) is 21.7. The van der Waals surface area contributed by atoms with Crippen LogP contribution in [0.3, 0.4) is 0 Å². The predicted molar refractivity (Wildman–Crippen MR) is 175 cm³/mol. The lowest BCUT2D eigenvalue weighted by Gasteiger charge is -2.11. The van der Waals surface area contributed by atoms with Crippen molar-refractivity contribution in [3.05, 3.63) is 118 Å². The van der Waals surface area contributed by atoms with Gasteiger partial charge in [0.05, 0.1) is 29.6 Å². The second kappa shape index (κ2) is 13.8. The second-order valence-electron chi connectivity index (χ2n) is 9.56. The number of carbonyl (C=O) groups excluding carboxylic acids is 4. The lowest BCUT2D eigenvalue weighted by Crippen LogP contribution is -2.33. The molecule has 5 aromatic rings. The summed E-state index contributed by atoms with van der Waals surface area (Å²) in [6.45, 7) is 1.93. The molecule has 10 nitrogen and oxygen atoms in total. The van der Waals surface area contributed by atoms with E-state index in [1.165, 1.54) is 48.9 Å². The van der Waals surface area contributed by atoms with E-state index in [0.717, 1.165) is 15.6 Å². The van der Waals surface area contributed by atoms with Gasteiger partial charge >= 0.3 is 17.8 Å². The summed E-state index contributed by atoms with van der Waals surface area (Å²) in [7, 11) is 1.41. The van der Waals surface area contributed by atoms with E-state index in [4.69, 9.17) is 21.1 Å². The zero-order valence-corrected chi connectivity index (χ0v) is 25.5. The Morgan fingerprint density at radius 3 is 2.33 bits per heavy atom. The van der Waals surface area contributed by atoms with E-state index < -0.39 is 23.7 Å². The van der Waals surface area contributed by atoms with Gasteiger partial charge in [-0.3, -0.25) is 14.4 Å². The number of methoxy groups -OCH3 is 1. The number of hydrazone groups is 1. The molecule has 45 heavy (non-hydrogen) atoms. The molecule has 4 aromatic carbocycles. The van der Waals surface area contributed by atoms with Gasteiger partial charge in [-0.25, -0.2) is 10.2 Å². The number of benzene rings is 4. The van der Waals surface area contributed by atoms with Crippen LogP contribution in [0.2, 0.25) is 5.02 Å². The van der Waals surface area contributed by atoms with Gasteiger partial charge in [-0.05, 0) is 61.0 Å². The fourth-order valence-corrected chi connectivity index (χ4v) is 5.55. The van der Waals surface area contributed by atoms with E-state index in [1.807, 2.05) is 43.3 Å². The number of para-hydroxylation sites is 1. The quantitative estimate of drug-likeness (QED) is 0.0588. The smallest absolute Gasteiger partial charge is 0.355 e. The molecular weight excluding hydrogens is 616 g/mol. The molecule has 0 aliphatic carbocycles. The van der Waals surface area contributed by atoms with Gasteiger partial charge in [-0.1, -0.05) is 59.6 Å². The molecule has 0 fully saturated rings. The summed E-state index contributed by atoms with van der Waals surface area (Å²) in [6.07, 6.45) is 1.28. The fraction of sp³-hybridized carbons (Fsp3) is 0.0606. The third-order valence-electron chi connectivity index (χ3n) is 6.43. The highest BCUT2D eigenvalue weighted by Crippen LogP contribution is 2.37. The van der Waals surface area contributed by atoms with Crippen LogP contribution in [0.25, 0.3) is 10.1 Å². The Balaban J connectivity index is 1.20. The summed E-state index contributed by atoms with van der Waals surface area (Å²) < 4.78 is 11.8. The van der Waals surface area contributed by atoms with Crippen LogP contribution in [0.4, 0.5) is 11.4 Å². The molecule has 0 spiro atoms. The molecule has 5 rings (SSSR count). The van der Waals surface area contributed by atoms with Crippen molar-refractivity contribution in [3.63, 3.8) is 0 Å². The van der Waals surface area contributed by atoms with Crippen LogP contribution in [0.15, 0.2) is 96.1 Å². The molecular formula is C33H25ClN4O6S. The molecule has 0 aliphatic heterocycles. The number of nitrogens with one attached hydrogen (secondary N) is 3. The monoisotopic (exact) mass is 640 g/mol. The number of amides is 3. The van der Waals surface area contributed by atoms with Crippen molar-refractivity contribution in [2.45, 2.75) is 6.92 Å². The lowest BCUT2D eigenvalue weighted by atomic mass is 10.1. The summed E-state index contributed by atoms with van der Waals surface area (Å²) >= 11 is 7.63. The van der Waals surface area contributed by atoms with Gasteiger partial charge in [-0.2, -0.15) is 5.10 Å². The van der Waals surface area contributed by atoms with E-state index in [9.17, 15) is 19.2 Å². The first kappa shape index (κ1) is 30.9. The summed E-state index contributed by atoms with van der Waals surface area (Å²) in [6, 6.07) is 25.6. The Bertz CT molecular complexity index is 1960. The first-order valence-corrected chi connectivity index (χ1v) is 14.6. The van der Waals surface area contributed by atoms with Gasteiger partial charge < -0.3 is 20.1 Å². The van der Waals surface area contributed by atoms with Crippen molar-refractivity contribution in [1.29, 1.82) is 0 Å². The standard InChI is InChI=1S/C33H25ClN4O6S/c1-19-11-14-21(15-12-19)36-30(39)22-7-3-5-9-24(22)37-31(40)32(41)38-35-18-20-13-16-25(26(17-20)43-2)44-33(42)29-28(34)23-8-4-6-10-27(23)45-29/h3-18H,1-2H3,(H,36,39)(H,37,40)(H,38,41)/b35-18+. The molecule has 0 aliphatic rings. The molecule has 226 valence electrons. The first-order valence-electron chi connectivity index (χ1n) is 13.4. The molecule has 0 bridgehead atoms. The predicted octanol–water partition coefficient (Wildman–Crippen LogP) is 6.43. The number of hydrogen-bond acceptors (Lipinski definition) is 8. The number of rotatable bonds is 8. The van der Waals surface area contributed by atoms with Crippen LogP contribution >= 0.6 is 22.9 Å². The lowest BCUT2D eigenvalue weighted by molar-refractivity contribution is -0.136. The number of fused-ring (bicyclic) bond motifs is 1. The number of ether oxygens (including phenoxy) is 2. The number of aryl methyl sites for hydroxylation is 1. The van der Waals surface area contributed by atoms with E-state index >= 15 is 0 Å². The zero-order valence-electron chi connectivity index (χ0n) is 23.9. The minimum Gasteiger partial charge on any atom is -0.493 e. The highest BCUT2D eigenvalue weighted by Gasteiger charge is 2.21. The maximum Gasteiger partial charge on any atom is 0.355 e. The molecule has 12 heteroatoms. The van der Waals surface area contributed by atoms with Gasteiger partial charge in [0.2, 0.25) is 0 Å². The molecule has 0 unspecified atom stereocenters. The molecule has 0 radical (unpaired) electrons. The molecule has 0 saturated heterocycles. The average molecular weight is 641 g/mol. The van der Waals surface area contributed by atoms with Gasteiger partial charge in [0.1, 0.15) is 4.88 Å². The Morgan fingerprint density at radius 2 is 1.58 bits per heavy atom. The average Bonchev–Trinajstić information content (AvgIpc) is 3.39. The van der Waals surface area contributed by atoms with Gasteiger partial charge in [-0.15, -0.1) is 11.3 Å². The van der Waals surface area contributed by atoms with Crippen molar-refractivity contribution in [2.24, 2.45) is 5.10 Å². The molecule has 1 heterocycles. The van der Waals surface area contributed by atoms with Crippen LogP contribution in [0.5, 0.6) is 11.5 Å². The Morgan fingerprint density at radius 1 is 0.844 bits per heavy atom. The Hall–Kier alpha value is -5.52. The number of thiophene rings is 1. The SMILES string of the molecule is COc1cc(/C=N/NC(=O)C(=O)Nc2ccccc2C(=O)Nc2ccc(C)cc2)ccc1OC(=O)c1sc2ccccc2c1Cl. The fourth-order valence-electron chi connectivity index (χ4n) is 4.16. The number of anilines is 2. The summed E-state index contributed by atoms with van der Waals surface area (Å²) in [5.41, 5.74) is 4.58. The third kappa shape index (κ3) is 7.35. The topological polar surface area (TPSA) is 135 Å². The molecule has 3 N–H and O–H groups in total. The maximum atomic E-state index is 12.9. The maximum absolute atomic E-state index is 12.9. The summed E-state index contributed by atoms with van der Waals surface area (Å²) in [4.78, 5) is 51.0. The van der Waals surface area contributed by atoms with E-state index in [1.54, 1.807) is 30.3 Å². The second-order valence-corrected chi connectivity index (χ2v) is 11.0. The number of hydrogen-bond donors (Lipinski definition) is 3. The van der Waals surface area contributed by atoms with Crippen molar-refractivity contribution in [1.82, 2.24) is 5.43 Å². The van der Waals surface area contributed by atoms with E-state index in [-0.39, 0.29) is 27.6 Å². The van der Waals surface area contributed by atoms with Crippen LogP contribution in [0.1, 0.15) is 31.2 Å². The zero-order chi connectivity index (χ0) is 31.9. The van der Waals surface area contributed by atoms with E-state index in [0.29, 0.717) is 16.3 Å². The van der Waals surface area contributed by atoms with Gasteiger partial charge in [0.25, 0.3) is 5.91 Å². The van der Waals surface area contributed by atoms with Gasteiger partial charge in [0.15, 0.2) is 11.5 Å². The molecule has 3 amide bonds. The number of nitrogens with zero attached hydrogens (tertiary/aromatic N) is 1. The van der Waals surface area contributed by atoms with Crippen molar-refractivity contribution >= 4 is 74.3 Å². The number of halogens is 1. The third-order valence-corrected chi connectivity index (χ3v) is 8.08. The van der Waals surface area contributed by atoms with Crippen LogP contribution < -0.4 is 25.5 Å². The van der Waals surface area contributed by atoms with Crippen LogP contribution in [-0.4, -0.2) is 37.0 Å². The molecule has 0 saturated carbocycles. The van der Waals surface area contributed by atoms with Gasteiger partial charge in [0, 0.05) is 15.8 Å². The summed E-state index contributed by atoms with van der Waals surface area (Å²) in [5, 5.41) is 10.1. The van der Waals surface area contributed by atoms with Crippen LogP contribution in [-0.2, 0) is 9.59 Å². The number of carbonyl (C=O) groups is 4. The highest BCUT2D eigenvalue weighted by molar-refractivity contribution is 7.21. The number of esters is 1. The normalized spacial score (nSPS) is 10.8. The minimum absolute atomic E-state index is 0.151. The largest absolute Gasteiger partial charge is 0.493 e. The molecule has 1 aromatic heterocycles.